The molecule has 3 rings (SSSR count). The lowest BCUT2D eigenvalue weighted by molar-refractivity contribution is 0.378. The first kappa shape index (κ1) is 16.2. The van der Waals surface area contributed by atoms with Gasteiger partial charge in [0, 0.05) is 17.0 Å². The highest BCUT2D eigenvalue weighted by Gasteiger charge is 2.07. The van der Waals surface area contributed by atoms with E-state index in [9.17, 15) is 0 Å². The van der Waals surface area contributed by atoms with Crippen LogP contribution in [0.4, 0.5) is 0 Å². The maximum absolute atomic E-state index is 5.86. The summed E-state index contributed by atoms with van der Waals surface area (Å²) in [6.45, 7) is 0. The van der Waals surface area contributed by atoms with E-state index in [4.69, 9.17) is 14.2 Å². The van der Waals surface area contributed by atoms with Crippen LogP contribution in [0.2, 0.25) is 0 Å². The zero-order valence-electron chi connectivity index (χ0n) is 13.4. The zero-order chi connectivity index (χ0) is 16.8. The third kappa shape index (κ3) is 4.20. The second-order valence-electron chi connectivity index (χ2n) is 4.88. The third-order valence-electron chi connectivity index (χ3n) is 3.20. The summed E-state index contributed by atoms with van der Waals surface area (Å²) < 4.78 is 16.4. The maximum atomic E-state index is 5.86. The number of hydrogen-bond donors (Lipinski definition) is 0. The normalized spacial score (nSPS) is 10.2. The fourth-order valence-electron chi connectivity index (χ4n) is 2.08. The van der Waals surface area contributed by atoms with Crippen LogP contribution in [0.1, 0.15) is 0 Å². The van der Waals surface area contributed by atoms with Crippen molar-refractivity contribution in [1.29, 1.82) is 0 Å². The van der Waals surface area contributed by atoms with E-state index in [0.29, 0.717) is 11.6 Å². The molecule has 5 heteroatoms. The Morgan fingerprint density at radius 1 is 0.750 bits per heavy atom. The van der Waals surface area contributed by atoms with Crippen molar-refractivity contribution in [2.45, 2.75) is 9.92 Å². The number of aromatic nitrogens is 1. The van der Waals surface area contributed by atoms with Gasteiger partial charge < -0.3 is 14.2 Å². The Hall–Kier alpha value is -2.66. The zero-order valence-corrected chi connectivity index (χ0v) is 14.2. The van der Waals surface area contributed by atoms with Gasteiger partial charge in [-0.2, -0.15) is 0 Å². The highest BCUT2D eigenvalue weighted by Crippen LogP contribution is 2.33. The molecule has 2 aromatic carbocycles. The molecule has 0 aliphatic carbocycles. The van der Waals surface area contributed by atoms with Gasteiger partial charge in [-0.05, 0) is 30.3 Å². The quantitative estimate of drug-likeness (QED) is 0.629. The maximum Gasteiger partial charge on any atom is 0.217 e. The van der Waals surface area contributed by atoms with Gasteiger partial charge in [0.2, 0.25) is 5.88 Å². The molecule has 0 radical (unpaired) electrons. The smallest absolute Gasteiger partial charge is 0.217 e. The molecule has 0 amide bonds. The van der Waals surface area contributed by atoms with Crippen molar-refractivity contribution in [2.24, 2.45) is 0 Å². The van der Waals surface area contributed by atoms with Gasteiger partial charge in [-0.15, -0.1) is 0 Å². The minimum absolute atomic E-state index is 0.522. The van der Waals surface area contributed by atoms with Crippen LogP contribution in [0.25, 0.3) is 0 Å². The molecule has 0 atom stereocenters. The standard InChI is InChI=1S/C19H17NO3S/c1-21-16-12-18(22-2)20-19(13-16)24-17-10-6-9-15(11-17)23-14-7-4-3-5-8-14/h3-13H,1-2H3. The van der Waals surface area contributed by atoms with Crippen LogP contribution in [-0.2, 0) is 0 Å². The third-order valence-corrected chi connectivity index (χ3v) is 4.11. The summed E-state index contributed by atoms with van der Waals surface area (Å²) in [6.07, 6.45) is 0. The van der Waals surface area contributed by atoms with Crippen molar-refractivity contribution in [1.82, 2.24) is 4.98 Å². The van der Waals surface area contributed by atoms with Crippen molar-refractivity contribution in [3.63, 3.8) is 0 Å². The average Bonchev–Trinajstić information content (AvgIpc) is 2.62. The van der Waals surface area contributed by atoms with E-state index in [0.717, 1.165) is 21.4 Å². The predicted octanol–water partition coefficient (Wildman–Crippen LogP) is 5.04. The molecule has 3 aromatic rings. The van der Waals surface area contributed by atoms with Gasteiger partial charge in [0.1, 0.15) is 22.3 Å². The highest BCUT2D eigenvalue weighted by atomic mass is 32.2. The van der Waals surface area contributed by atoms with Crippen molar-refractivity contribution in [2.75, 3.05) is 14.2 Å². The number of ether oxygens (including phenoxy) is 3. The van der Waals surface area contributed by atoms with E-state index in [1.807, 2.05) is 60.7 Å². The lowest BCUT2D eigenvalue weighted by Crippen LogP contribution is -1.92. The van der Waals surface area contributed by atoms with Crippen LogP contribution in [0.3, 0.4) is 0 Å². The van der Waals surface area contributed by atoms with Gasteiger partial charge in [0.05, 0.1) is 14.2 Å². The summed E-state index contributed by atoms with van der Waals surface area (Å²) in [6, 6.07) is 21.2. The first-order valence-corrected chi connectivity index (χ1v) is 8.19. The second kappa shape index (κ2) is 7.75. The Morgan fingerprint density at radius 3 is 2.29 bits per heavy atom. The molecule has 1 heterocycles. The van der Waals surface area contributed by atoms with E-state index in [-0.39, 0.29) is 0 Å². The Morgan fingerprint density at radius 2 is 1.54 bits per heavy atom. The molecule has 0 N–H and O–H groups in total. The fourth-order valence-corrected chi connectivity index (χ4v) is 2.95. The molecular formula is C19H17NO3S. The monoisotopic (exact) mass is 339 g/mol. The Bertz CT molecular complexity index is 786. The largest absolute Gasteiger partial charge is 0.496 e. The number of rotatable bonds is 6. The van der Waals surface area contributed by atoms with Gasteiger partial charge in [-0.1, -0.05) is 36.0 Å². The Labute approximate surface area is 145 Å². The van der Waals surface area contributed by atoms with Crippen molar-refractivity contribution < 1.29 is 14.2 Å². The minimum Gasteiger partial charge on any atom is -0.496 e. The number of methoxy groups -OCH3 is 2. The average molecular weight is 339 g/mol. The van der Waals surface area contributed by atoms with Gasteiger partial charge >= 0.3 is 0 Å². The Balaban J connectivity index is 1.79. The van der Waals surface area contributed by atoms with Crippen LogP contribution in [-0.4, -0.2) is 19.2 Å². The number of hydrogen-bond acceptors (Lipinski definition) is 5. The topological polar surface area (TPSA) is 40.6 Å². The molecule has 122 valence electrons. The van der Waals surface area contributed by atoms with Crippen LogP contribution in [0.15, 0.2) is 76.7 Å². The van der Waals surface area contributed by atoms with Crippen molar-refractivity contribution >= 4 is 11.8 Å². The van der Waals surface area contributed by atoms with Crippen LogP contribution in [0, 0.1) is 0 Å². The SMILES string of the molecule is COc1cc(OC)nc(Sc2cccc(Oc3ccccc3)c2)c1. The molecule has 4 nitrogen and oxygen atoms in total. The van der Waals surface area contributed by atoms with Gasteiger partial charge in [-0.25, -0.2) is 4.98 Å². The second-order valence-corrected chi connectivity index (χ2v) is 5.97. The van der Waals surface area contributed by atoms with E-state index >= 15 is 0 Å². The number of nitrogens with zero attached hydrogens (tertiary/aromatic N) is 1. The molecule has 0 saturated carbocycles. The lowest BCUT2D eigenvalue weighted by Gasteiger charge is -2.09. The van der Waals surface area contributed by atoms with Crippen LogP contribution >= 0.6 is 11.8 Å². The fraction of sp³-hybridized carbons (Fsp3) is 0.105. The molecular weight excluding hydrogens is 322 g/mol. The van der Waals surface area contributed by atoms with Crippen LogP contribution < -0.4 is 14.2 Å². The summed E-state index contributed by atoms with van der Waals surface area (Å²) in [5.74, 6) is 2.82. The number of para-hydroxylation sites is 1. The molecule has 0 bridgehead atoms. The van der Waals surface area contributed by atoms with Gasteiger partial charge in [0.15, 0.2) is 0 Å². The molecule has 24 heavy (non-hydrogen) atoms. The molecule has 0 fully saturated rings. The summed E-state index contributed by atoms with van der Waals surface area (Å²) in [5.41, 5.74) is 0. The van der Waals surface area contributed by atoms with Gasteiger partial charge in [-0.3, -0.25) is 0 Å². The van der Waals surface area contributed by atoms with E-state index in [1.165, 1.54) is 11.8 Å². The molecule has 0 unspecified atom stereocenters. The number of pyridine rings is 1. The van der Waals surface area contributed by atoms with Crippen LogP contribution in [0.5, 0.6) is 23.1 Å². The van der Waals surface area contributed by atoms with Gasteiger partial charge in [0.25, 0.3) is 0 Å². The number of benzene rings is 2. The molecule has 0 aliphatic rings. The predicted molar refractivity (Wildman–Crippen MR) is 94.4 cm³/mol. The van der Waals surface area contributed by atoms with E-state index in [2.05, 4.69) is 4.98 Å². The first-order valence-electron chi connectivity index (χ1n) is 7.38. The molecule has 0 spiro atoms. The van der Waals surface area contributed by atoms with Crippen molar-refractivity contribution in [3.05, 3.63) is 66.7 Å². The van der Waals surface area contributed by atoms with Crippen molar-refractivity contribution in [3.8, 4) is 23.1 Å². The molecule has 1 aromatic heterocycles. The summed E-state index contributed by atoms with van der Waals surface area (Å²) in [5, 5.41) is 0.795. The Kier molecular flexibility index (Phi) is 5.23. The van der Waals surface area contributed by atoms with E-state index < -0.39 is 0 Å². The minimum atomic E-state index is 0.522. The summed E-state index contributed by atoms with van der Waals surface area (Å²) in [7, 11) is 3.21. The van der Waals surface area contributed by atoms with E-state index in [1.54, 1.807) is 20.3 Å². The highest BCUT2D eigenvalue weighted by molar-refractivity contribution is 7.99. The lowest BCUT2D eigenvalue weighted by atomic mass is 10.3. The molecule has 0 saturated heterocycles. The first-order chi connectivity index (χ1) is 11.8. The molecule has 0 aliphatic heterocycles. The summed E-state index contributed by atoms with van der Waals surface area (Å²) >= 11 is 1.52. The summed E-state index contributed by atoms with van der Waals surface area (Å²) in [4.78, 5) is 5.45.